The zero-order chi connectivity index (χ0) is 22.8. The number of carbonyl (C=O) groups is 2. The third-order valence-corrected chi connectivity index (χ3v) is 7.00. The van der Waals surface area contributed by atoms with Crippen molar-refractivity contribution in [2.45, 2.75) is 43.3 Å². The molecule has 1 aliphatic rings. The van der Waals surface area contributed by atoms with E-state index in [0.717, 1.165) is 16.4 Å². The van der Waals surface area contributed by atoms with Gasteiger partial charge in [0, 0.05) is 17.8 Å². The first-order valence-corrected chi connectivity index (χ1v) is 11.0. The summed E-state index contributed by atoms with van der Waals surface area (Å²) >= 11 is 0. The minimum absolute atomic E-state index is 0.0590. The molecule has 31 heavy (non-hydrogen) atoms. The number of anilines is 1. The van der Waals surface area contributed by atoms with Crippen LogP contribution in [0.5, 0.6) is 0 Å². The normalized spacial score (nSPS) is 17.9. The van der Waals surface area contributed by atoms with E-state index >= 15 is 0 Å². The number of carbonyl (C=O) groups excluding carboxylic acids is 2. The molecule has 0 aliphatic carbocycles. The molecule has 1 saturated heterocycles. The Kier molecular flexibility index (Phi) is 6.51. The predicted molar refractivity (Wildman–Crippen MR) is 108 cm³/mol. The number of nitrogens with zero attached hydrogens (tertiary/aromatic N) is 1. The molecule has 0 aromatic heterocycles. The van der Waals surface area contributed by atoms with Gasteiger partial charge in [-0.2, -0.15) is 17.5 Å². The zero-order valence-corrected chi connectivity index (χ0v) is 17.5. The maximum atomic E-state index is 13.1. The molecule has 3 rings (SSSR count). The number of piperidine rings is 1. The molecular weight excluding hydrogens is 433 g/mol. The summed E-state index contributed by atoms with van der Waals surface area (Å²) in [5.41, 5.74) is -0.617. The van der Waals surface area contributed by atoms with Crippen molar-refractivity contribution in [1.29, 1.82) is 0 Å². The van der Waals surface area contributed by atoms with Gasteiger partial charge in [0.05, 0.1) is 10.5 Å². The van der Waals surface area contributed by atoms with Crippen molar-refractivity contribution in [2.75, 3.05) is 11.9 Å². The Labute approximate surface area is 178 Å². The number of ketones is 1. The molecule has 0 saturated carbocycles. The van der Waals surface area contributed by atoms with Crippen LogP contribution in [0.3, 0.4) is 0 Å². The van der Waals surface area contributed by atoms with Crippen LogP contribution < -0.4 is 5.32 Å². The van der Waals surface area contributed by atoms with E-state index in [1.807, 2.05) is 0 Å². The summed E-state index contributed by atoms with van der Waals surface area (Å²) in [5, 5.41) is 2.41. The smallest absolute Gasteiger partial charge is 0.325 e. The minimum Gasteiger partial charge on any atom is -0.325 e. The Balaban J connectivity index is 1.84. The fourth-order valence-electron chi connectivity index (χ4n) is 3.45. The predicted octanol–water partition coefficient (Wildman–Crippen LogP) is 4.09. The van der Waals surface area contributed by atoms with Crippen LogP contribution in [0.25, 0.3) is 0 Å². The first-order chi connectivity index (χ1) is 14.5. The van der Waals surface area contributed by atoms with Crippen molar-refractivity contribution in [2.24, 2.45) is 0 Å². The number of rotatable bonds is 5. The summed E-state index contributed by atoms with van der Waals surface area (Å²) in [6.07, 6.45) is -3.16. The van der Waals surface area contributed by atoms with Crippen molar-refractivity contribution in [3.8, 4) is 0 Å². The van der Waals surface area contributed by atoms with E-state index in [1.165, 1.54) is 43.3 Å². The number of Topliss-reactive ketones (excluding diaryl/α,β-unsaturated/α-hetero) is 1. The van der Waals surface area contributed by atoms with E-state index in [9.17, 15) is 31.2 Å². The lowest BCUT2D eigenvalue weighted by atomic mass is 10.0. The molecule has 0 spiro atoms. The van der Waals surface area contributed by atoms with Crippen molar-refractivity contribution in [1.82, 2.24) is 4.31 Å². The van der Waals surface area contributed by atoms with Crippen LogP contribution in [0.4, 0.5) is 18.9 Å². The van der Waals surface area contributed by atoms with Crippen LogP contribution in [0.15, 0.2) is 53.4 Å². The Morgan fingerprint density at radius 2 is 1.74 bits per heavy atom. The van der Waals surface area contributed by atoms with Gasteiger partial charge in [-0.05, 0) is 50.1 Å². The van der Waals surface area contributed by atoms with Gasteiger partial charge in [-0.25, -0.2) is 8.42 Å². The van der Waals surface area contributed by atoms with Crippen molar-refractivity contribution >= 4 is 27.4 Å². The van der Waals surface area contributed by atoms with Crippen LogP contribution in [0, 0.1) is 0 Å². The monoisotopic (exact) mass is 454 g/mol. The number of hydrogen-bond donors (Lipinski definition) is 1. The lowest BCUT2D eigenvalue weighted by Gasteiger charge is -2.33. The molecule has 0 bridgehead atoms. The van der Waals surface area contributed by atoms with Gasteiger partial charge in [-0.15, -0.1) is 0 Å². The molecule has 166 valence electrons. The average molecular weight is 454 g/mol. The van der Waals surface area contributed by atoms with Gasteiger partial charge in [-0.1, -0.05) is 24.6 Å². The minimum atomic E-state index is -4.56. The summed E-state index contributed by atoms with van der Waals surface area (Å²) in [4.78, 5) is 24.2. The SMILES string of the molecule is CC(=O)c1ccc(S(=O)(=O)N2CCCC[C@H]2C(=O)Nc2cccc(C(F)(F)F)c2)cc1. The molecule has 10 heteroatoms. The highest BCUT2D eigenvalue weighted by atomic mass is 32.2. The summed E-state index contributed by atoms with van der Waals surface area (Å²) < 4.78 is 66.1. The number of alkyl halides is 3. The van der Waals surface area contributed by atoms with Crippen LogP contribution in [-0.4, -0.2) is 37.0 Å². The molecule has 1 aliphatic heterocycles. The second kappa shape index (κ2) is 8.80. The Bertz CT molecular complexity index is 1080. The fourth-order valence-corrected chi connectivity index (χ4v) is 5.11. The molecule has 0 unspecified atom stereocenters. The number of hydrogen-bond acceptors (Lipinski definition) is 4. The first-order valence-electron chi connectivity index (χ1n) is 9.61. The van der Waals surface area contributed by atoms with Gasteiger partial charge in [-0.3, -0.25) is 9.59 Å². The maximum Gasteiger partial charge on any atom is 0.416 e. The molecule has 1 amide bonds. The third kappa shape index (κ3) is 5.13. The highest BCUT2D eigenvalue weighted by molar-refractivity contribution is 7.89. The molecular formula is C21H21F3N2O4S. The van der Waals surface area contributed by atoms with E-state index < -0.39 is 33.7 Å². The van der Waals surface area contributed by atoms with Gasteiger partial charge >= 0.3 is 6.18 Å². The average Bonchev–Trinajstić information content (AvgIpc) is 2.73. The fraction of sp³-hybridized carbons (Fsp3) is 0.333. The van der Waals surface area contributed by atoms with Crippen molar-refractivity contribution in [3.63, 3.8) is 0 Å². The molecule has 1 heterocycles. The largest absolute Gasteiger partial charge is 0.416 e. The van der Waals surface area contributed by atoms with Crippen molar-refractivity contribution < 1.29 is 31.2 Å². The van der Waals surface area contributed by atoms with Gasteiger partial charge in [0.15, 0.2) is 5.78 Å². The second-order valence-corrected chi connectivity index (χ2v) is 9.17. The Morgan fingerprint density at radius 3 is 2.35 bits per heavy atom. The van der Waals surface area contributed by atoms with Gasteiger partial charge in [0.1, 0.15) is 6.04 Å². The zero-order valence-electron chi connectivity index (χ0n) is 16.6. The molecule has 1 fully saturated rings. The topological polar surface area (TPSA) is 83.6 Å². The van der Waals surface area contributed by atoms with Gasteiger partial charge in [0.25, 0.3) is 0 Å². The number of sulfonamides is 1. The van der Waals surface area contributed by atoms with Gasteiger partial charge < -0.3 is 5.32 Å². The first kappa shape index (κ1) is 23.0. The Morgan fingerprint density at radius 1 is 1.06 bits per heavy atom. The molecule has 1 atom stereocenters. The van der Waals surface area contributed by atoms with Crippen LogP contribution in [0.2, 0.25) is 0 Å². The number of amides is 1. The van der Waals surface area contributed by atoms with E-state index in [1.54, 1.807) is 0 Å². The third-order valence-electron chi connectivity index (χ3n) is 5.08. The highest BCUT2D eigenvalue weighted by Gasteiger charge is 2.38. The van der Waals surface area contributed by atoms with E-state index in [0.29, 0.717) is 18.4 Å². The Hall–Kier alpha value is -2.72. The van der Waals surface area contributed by atoms with Crippen LogP contribution >= 0.6 is 0 Å². The van der Waals surface area contributed by atoms with E-state index in [2.05, 4.69) is 5.32 Å². The quantitative estimate of drug-likeness (QED) is 0.690. The van der Waals surface area contributed by atoms with E-state index in [-0.39, 0.29) is 29.3 Å². The molecule has 1 N–H and O–H groups in total. The summed E-state index contributed by atoms with van der Waals surface area (Å²) in [6.45, 7) is 1.47. The second-order valence-electron chi connectivity index (χ2n) is 7.28. The number of halogens is 3. The van der Waals surface area contributed by atoms with Crippen LogP contribution in [0.1, 0.15) is 42.1 Å². The van der Waals surface area contributed by atoms with E-state index in [4.69, 9.17) is 0 Å². The summed E-state index contributed by atoms with van der Waals surface area (Å²) in [7, 11) is -4.04. The lowest BCUT2D eigenvalue weighted by Crippen LogP contribution is -2.49. The number of benzene rings is 2. The van der Waals surface area contributed by atoms with Crippen molar-refractivity contribution in [3.05, 3.63) is 59.7 Å². The molecule has 0 radical (unpaired) electrons. The highest BCUT2D eigenvalue weighted by Crippen LogP contribution is 2.31. The summed E-state index contributed by atoms with van der Waals surface area (Å²) in [6, 6.07) is 8.54. The molecule has 2 aromatic carbocycles. The standard InChI is InChI=1S/C21H21F3N2O4S/c1-14(27)15-8-10-18(11-9-15)31(29,30)26-12-3-2-7-19(26)20(28)25-17-6-4-5-16(13-17)21(22,23)24/h4-6,8-11,13,19H,2-3,7,12H2,1H3,(H,25,28)/t19-/m0/s1. The lowest BCUT2D eigenvalue weighted by molar-refractivity contribution is -0.137. The maximum absolute atomic E-state index is 13.1. The molecule has 2 aromatic rings. The van der Waals surface area contributed by atoms with Gasteiger partial charge in [0.2, 0.25) is 15.9 Å². The van der Waals surface area contributed by atoms with Crippen LogP contribution in [-0.2, 0) is 21.0 Å². The summed E-state index contributed by atoms with van der Waals surface area (Å²) in [5.74, 6) is -0.900. The molecule has 6 nitrogen and oxygen atoms in total. The number of nitrogens with one attached hydrogen (secondary N) is 1.